The van der Waals surface area contributed by atoms with Crippen LogP contribution < -0.4 is 16.0 Å². The number of hydrogen-bond donors (Lipinski definition) is 3. The van der Waals surface area contributed by atoms with Crippen LogP contribution in [0.25, 0.3) is 10.8 Å². The maximum Gasteiger partial charge on any atom is 0.319 e. The number of nitrogens with one attached hydrogen (secondary N) is 3. The molecule has 1 aliphatic rings. The molecule has 146 valence electrons. The van der Waals surface area contributed by atoms with E-state index in [9.17, 15) is 9.59 Å². The van der Waals surface area contributed by atoms with Crippen molar-refractivity contribution in [2.45, 2.75) is 19.9 Å². The zero-order chi connectivity index (χ0) is 20.5. The topological polar surface area (TPSA) is 70.2 Å². The summed E-state index contributed by atoms with van der Waals surface area (Å²) >= 11 is 6.09. The smallest absolute Gasteiger partial charge is 0.319 e. The Hall–Kier alpha value is -3.31. The number of amides is 3. The summed E-state index contributed by atoms with van der Waals surface area (Å²) in [7, 11) is 0. The number of rotatable bonds is 3. The lowest BCUT2D eigenvalue weighted by molar-refractivity contribution is -0.113. The molecule has 0 aromatic heterocycles. The second kappa shape index (κ2) is 7.60. The van der Waals surface area contributed by atoms with Crippen LogP contribution in [0.1, 0.15) is 24.1 Å². The lowest BCUT2D eigenvalue weighted by Gasteiger charge is -2.29. The lowest BCUT2D eigenvalue weighted by atomic mass is 9.91. The average Bonchev–Trinajstić information content (AvgIpc) is 2.69. The Labute approximate surface area is 173 Å². The molecule has 0 radical (unpaired) electrons. The van der Waals surface area contributed by atoms with E-state index in [-0.39, 0.29) is 11.9 Å². The van der Waals surface area contributed by atoms with E-state index in [0.29, 0.717) is 22.0 Å². The summed E-state index contributed by atoms with van der Waals surface area (Å²) in [5, 5.41) is 11.1. The van der Waals surface area contributed by atoms with Crippen LogP contribution in [0.2, 0.25) is 5.02 Å². The maximum atomic E-state index is 13.3. The van der Waals surface area contributed by atoms with E-state index >= 15 is 0 Å². The Morgan fingerprint density at radius 1 is 1.03 bits per heavy atom. The largest absolute Gasteiger partial charge is 0.327 e. The molecule has 3 aromatic rings. The van der Waals surface area contributed by atoms with Crippen molar-refractivity contribution >= 4 is 40.0 Å². The molecule has 5 nitrogen and oxygen atoms in total. The number of anilines is 1. The molecule has 4 rings (SSSR count). The fourth-order valence-corrected chi connectivity index (χ4v) is 3.82. The van der Waals surface area contributed by atoms with E-state index in [0.717, 1.165) is 21.9 Å². The summed E-state index contributed by atoms with van der Waals surface area (Å²) in [6.07, 6.45) is 0. The maximum absolute atomic E-state index is 13.3. The fourth-order valence-electron chi connectivity index (χ4n) is 3.65. The Balaban J connectivity index is 1.78. The number of allylic oxidation sites excluding steroid dienone is 1. The van der Waals surface area contributed by atoms with E-state index in [1.165, 1.54) is 0 Å². The van der Waals surface area contributed by atoms with Crippen LogP contribution in [-0.2, 0) is 4.79 Å². The second-order valence-electron chi connectivity index (χ2n) is 7.05. The molecule has 0 bridgehead atoms. The van der Waals surface area contributed by atoms with Crippen LogP contribution in [0.15, 0.2) is 71.9 Å². The summed E-state index contributed by atoms with van der Waals surface area (Å²) in [6.45, 7) is 3.63. The minimum atomic E-state index is -0.575. The highest BCUT2D eigenvalue weighted by atomic mass is 35.5. The first-order chi connectivity index (χ1) is 13.9. The van der Waals surface area contributed by atoms with Crippen LogP contribution in [0.5, 0.6) is 0 Å². The molecule has 1 aliphatic heterocycles. The molecule has 3 N–H and O–H groups in total. The van der Waals surface area contributed by atoms with Gasteiger partial charge in [0.05, 0.1) is 11.6 Å². The van der Waals surface area contributed by atoms with Crippen molar-refractivity contribution in [3.63, 3.8) is 0 Å². The van der Waals surface area contributed by atoms with Gasteiger partial charge < -0.3 is 16.0 Å². The monoisotopic (exact) mass is 405 g/mol. The van der Waals surface area contributed by atoms with Gasteiger partial charge in [-0.05, 0) is 47.9 Å². The van der Waals surface area contributed by atoms with Crippen LogP contribution in [0.4, 0.5) is 10.5 Å². The van der Waals surface area contributed by atoms with Gasteiger partial charge in [-0.15, -0.1) is 0 Å². The van der Waals surface area contributed by atoms with Gasteiger partial charge in [-0.2, -0.15) is 0 Å². The number of halogens is 1. The summed E-state index contributed by atoms with van der Waals surface area (Å²) in [5.74, 6) is -0.293. The molecule has 29 heavy (non-hydrogen) atoms. The van der Waals surface area contributed by atoms with Gasteiger partial charge in [-0.3, -0.25) is 4.79 Å². The zero-order valence-electron chi connectivity index (χ0n) is 16.0. The van der Waals surface area contributed by atoms with Gasteiger partial charge in [0.2, 0.25) is 0 Å². The van der Waals surface area contributed by atoms with E-state index in [1.807, 2.05) is 55.5 Å². The Kier molecular flexibility index (Phi) is 4.99. The third-order valence-corrected chi connectivity index (χ3v) is 5.33. The van der Waals surface area contributed by atoms with Gasteiger partial charge in [0.15, 0.2) is 0 Å². The Morgan fingerprint density at radius 2 is 1.79 bits per heavy atom. The van der Waals surface area contributed by atoms with Crippen LogP contribution in [0.3, 0.4) is 0 Å². The number of hydrogen-bond acceptors (Lipinski definition) is 2. The van der Waals surface area contributed by atoms with Crippen molar-refractivity contribution in [2.75, 3.05) is 5.32 Å². The van der Waals surface area contributed by atoms with E-state index < -0.39 is 6.04 Å². The molecule has 1 heterocycles. The van der Waals surface area contributed by atoms with Crippen molar-refractivity contribution < 1.29 is 9.59 Å². The number of carbonyl (C=O) groups excluding carboxylic acids is 2. The molecular weight excluding hydrogens is 386 g/mol. The molecule has 3 aromatic carbocycles. The minimum Gasteiger partial charge on any atom is -0.327 e. The van der Waals surface area contributed by atoms with Crippen molar-refractivity contribution in [1.82, 2.24) is 10.6 Å². The molecule has 1 atom stereocenters. The van der Waals surface area contributed by atoms with E-state index in [2.05, 4.69) is 16.0 Å². The molecule has 0 saturated heterocycles. The van der Waals surface area contributed by atoms with E-state index in [1.54, 1.807) is 19.1 Å². The zero-order valence-corrected chi connectivity index (χ0v) is 16.8. The van der Waals surface area contributed by atoms with E-state index in [4.69, 9.17) is 11.6 Å². The molecule has 3 amide bonds. The number of urea groups is 1. The predicted molar refractivity (Wildman–Crippen MR) is 116 cm³/mol. The van der Waals surface area contributed by atoms with Gasteiger partial charge in [0.25, 0.3) is 5.91 Å². The van der Waals surface area contributed by atoms with Crippen molar-refractivity contribution in [1.29, 1.82) is 0 Å². The molecule has 6 heteroatoms. The molecule has 0 aliphatic carbocycles. The van der Waals surface area contributed by atoms with Crippen LogP contribution in [0, 0.1) is 6.92 Å². The normalized spacial score (nSPS) is 16.4. The van der Waals surface area contributed by atoms with Crippen molar-refractivity contribution in [3.05, 3.63) is 88.1 Å². The third kappa shape index (κ3) is 3.69. The Bertz CT molecular complexity index is 1160. The molecule has 0 saturated carbocycles. The highest BCUT2D eigenvalue weighted by Gasteiger charge is 2.32. The molecule has 0 unspecified atom stereocenters. The predicted octanol–water partition coefficient (Wildman–Crippen LogP) is 5.07. The molecule has 0 fully saturated rings. The van der Waals surface area contributed by atoms with Crippen molar-refractivity contribution in [2.24, 2.45) is 0 Å². The number of carbonyl (C=O) groups is 2. The molecule has 0 spiro atoms. The van der Waals surface area contributed by atoms with Gasteiger partial charge in [-0.25, -0.2) is 4.79 Å². The first-order valence-electron chi connectivity index (χ1n) is 9.27. The summed E-state index contributed by atoms with van der Waals surface area (Å²) < 4.78 is 0. The number of fused-ring (bicyclic) bond motifs is 1. The average molecular weight is 406 g/mol. The minimum absolute atomic E-state index is 0.293. The Morgan fingerprint density at radius 3 is 2.62 bits per heavy atom. The molecular formula is C23H20ClN3O2. The first kappa shape index (κ1) is 19.0. The van der Waals surface area contributed by atoms with Gasteiger partial charge in [-0.1, -0.05) is 60.1 Å². The second-order valence-corrected chi connectivity index (χ2v) is 7.49. The standard InChI is InChI=1S/C23H20ClN3O2/c1-13-10-11-16(24)12-19(13)26-22(28)20-14(2)25-23(29)27-21(20)18-9-5-7-15-6-3-4-8-17(15)18/h3-12,21H,1-2H3,(H,26,28)(H2,25,27,29)/t21-/m0/s1. The quantitative estimate of drug-likeness (QED) is 0.569. The van der Waals surface area contributed by atoms with Gasteiger partial charge in [0, 0.05) is 16.4 Å². The number of aryl methyl sites for hydroxylation is 1. The summed E-state index contributed by atoms with van der Waals surface area (Å²) in [4.78, 5) is 25.5. The van der Waals surface area contributed by atoms with Crippen LogP contribution in [-0.4, -0.2) is 11.9 Å². The van der Waals surface area contributed by atoms with Gasteiger partial charge in [0.1, 0.15) is 0 Å². The third-order valence-electron chi connectivity index (χ3n) is 5.10. The summed E-state index contributed by atoms with van der Waals surface area (Å²) in [6, 6.07) is 18.2. The van der Waals surface area contributed by atoms with Gasteiger partial charge >= 0.3 is 6.03 Å². The van der Waals surface area contributed by atoms with Crippen LogP contribution >= 0.6 is 11.6 Å². The lowest BCUT2D eigenvalue weighted by Crippen LogP contribution is -2.46. The number of benzene rings is 3. The fraction of sp³-hybridized carbons (Fsp3) is 0.130. The first-order valence-corrected chi connectivity index (χ1v) is 9.65. The summed E-state index contributed by atoms with van der Waals surface area (Å²) in [5.41, 5.74) is 3.38. The highest BCUT2D eigenvalue weighted by molar-refractivity contribution is 6.31. The highest BCUT2D eigenvalue weighted by Crippen LogP contribution is 2.33. The SMILES string of the molecule is CC1=C(C(=O)Nc2cc(Cl)ccc2C)[C@H](c2cccc3ccccc23)NC(=O)N1. The van der Waals surface area contributed by atoms with Crippen molar-refractivity contribution in [3.8, 4) is 0 Å².